The standard InChI is InChI=1S/C21H18F2N2O5S/c1-12(30-19(26)10-29-18-6-4-3-5-17(18)28-2)20(27)25-21-24-16(11-31-21)13-7-8-14(22)15(23)9-13/h3-9,11-12H,10H2,1-2H3,(H,24,25,27). The van der Waals surface area contributed by atoms with Crippen molar-refractivity contribution in [3.8, 4) is 22.8 Å². The fraction of sp³-hybridized carbons (Fsp3) is 0.190. The number of ether oxygens (including phenoxy) is 3. The third-order valence-electron chi connectivity index (χ3n) is 4.04. The van der Waals surface area contributed by atoms with Crippen LogP contribution < -0.4 is 14.8 Å². The first-order valence-electron chi connectivity index (χ1n) is 9.04. The van der Waals surface area contributed by atoms with Crippen molar-refractivity contribution in [3.63, 3.8) is 0 Å². The van der Waals surface area contributed by atoms with E-state index in [1.165, 1.54) is 20.1 Å². The van der Waals surface area contributed by atoms with Gasteiger partial charge < -0.3 is 14.2 Å². The van der Waals surface area contributed by atoms with Crippen LogP contribution in [-0.4, -0.2) is 36.7 Å². The van der Waals surface area contributed by atoms with E-state index in [4.69, 9.17) is 14.2 Å². The summed E-state index contributed by atoms with van der Waals surface area (Å²) >= 11 is 1.09. The van der Waals surface area contributed by atoms with Gasteiger partial charge >= 0.3 is 5.97 Å². The van der Waals surface area contributed by atoms with Crippen LogP contribution in [0.4, 0.5) is 13.9 Å². The first kappa shape index (κ1) is 22.2. The number of methoxy groups -OCH3 is 1. The number of thiazole rings is 1. The summed E-state index contributed by atoms with van der Waals surface area (Å²) < 4.78 is 42.0. The molecule has 0 aliphatic rings. The predicted molar refractivity (Wildman–Crippen MR) is 110 cm³/mol. The fourth-order valence-electron chi connectivity index (χ4n) is 2.49. The molecular formula is C21H18F2N2O5S. The summed E-state index contributed by atoms with van der Waals surface area (Å²) in [4.78, 5) is 28.4. The van der Waals surface area contributed by atoms with Gasteiger partial charge in [0, 0.05) is 10.9 Å². The number of anilines is 1. The van der Waals surface area contributed by atoms with Crippen LogP contribution in [0.25, 0.3) is 11.3 Å². The monoisotopic (exact) mass is 448 g/mol. The van der Waals surface area contributed by atoms with Crippen molar-refractivity contribution >= 4 is 28.3 Å². The normalized spacial score (nSPS) is 11.5. The second-order valence-electron chi connectivity index (χ2n) is 6.23. The Bertz CT molecular complexity index is 1090. The molecule has 0 bridgehead atoms. The third kappa shape index (κ3) is 5.76. The van der Waals surface area contributed by atoms with Crippen LogP contribution in [0.3, 0.4) is 0 Å². The summed E-state index contributed by atoms with van der Waals surface area (Å²) in [7, 11) is 1.48. The Labute approximate surface area is 180 Å². The molecule has 0 aliphatic carbocycles. The van der Waals surface area contributed by atoms with Crippen molar-refractivity contribution in [2.24, 2.45) is 0 Å². The molecule has 0 radical (unpaired) electrons. The number of esters is 1. The summed E-state index contributed by atoms with van der Waals surface area (Å²) in [5, 5.41) is 4.32. The predicted octanol–water partition coefficient (Wildman–Crippen LogP) is 4.05. The van der Waals surface area contributed by atoms with Gasteiger partial charge in [0.2, 0.25) is 0 Å². The van der Waals surface area contributed by atoms with Crippen molar-refractivity contribution < 1.29 is 32.6 Å². The van der Waals surface area contributed by atoms with E-state index >= 15 is 0 Å². The highest BCUT2D eigenvalue weighted by Crippen LogP contribution is 2.27. The lowest BCUT2D eigenvalue weighted by molar-refractivity contribution is -0.155. The molecule has 162 valence electrons. The summed E-state index contributed by atoms with van der Waals surface area (Å²) in [5.41, 5.74) is 0.734. The maximum atomic E-state index is 13.4. The molecule has 3 aromatic rings. The Kier molecular flexibility index (Phi) is 7.14. The molecule has 1 heterocycles. The lowest BCUT2D eigenvalue weighted by atomic mass is 10.2. The Hall–Kier alpha value is -3.53. The van der Waals surface area contributed by atoms with Gasteiger partial charge in [-0.25, -0.2) is 18.6 Å². The molecule has 1 amide bonds. The number of carbonyl (C=O) groups excluding carboxylic acids is 2. The lowest BCUT2D eigenvalue weighted by Gasteiger charge is -2.13. The number of hydrogen-bond acceptors (Lipinski definition) is 7. The highest BCUT2D eigenvalue weighted by atomic mass is 32.1. The summed E-state index contributed by atoms with van der Waals surface area (Å²) in [5.74, 6) is -2.47. The molecule has 31 heavy (non-hydrogen) atoms. The van der Waals surface area contributed by atoms with Gasteiger partial charge in [0.1, 0.15) is 0 Å². The van der Waals surface area contributed by atoms with Gasteiger partial charge in [-0.2, -0.15) is 0 Å². The van der Waals surface area contributed by atoms with E-state index in [0.717, 1.165) is 23.5 Å². The Balaban J connectivity index is 1.53. The number of benzene rings is 2. The maximum absolute atomic E-state index is 13.4. The summed E-state index contributed by atoms with van der Waals surface area (Å²) in [6, 6.07) is 10.2. The van der Waals surface area contributed by atoms with Gasteiger partial charge in [-0.1, -0.05) is 12.1 Å². The van der Waals surface area contributed by atoms with Crippen molar-refractivity contribution in [1.82, 2.24) is 4.98 Å². The first-order valence-corrected chi connectivity index (χ1v) is 9.92. The van der Waals surface area contributed by atoms with Gasteiger partial charge in [-0.15, -0.1) is 11.3 Å². The van der Waals surface area contributed by atoms with E-state index in [2.05, 4.69) is 10.3 Å². The Morgan fingerprint density at radius 3 is 2.58 bits per heavy atom. The number of nitrogens with zero attached hydrogens (tertiary/aromatic N) is 1. The van der Waals surface area contributed by atoms with Gasteiger partial charge in [-0.3, -0.25) is 10.1 Å². The average molecular weight is 448 g/mol. The van der Waals surface area contributed by atoms with Crippen molar-refractivity contribution in [2.45, 2.75) is 13.0 Å². The Morgan fingerprint density at radius 2 is 1.87 bits per heavy atom. The molecule has 3 rings (SSSR count). The minimum Gasteiger partial charge on any atom is -0.493 e. The van der Waals surface area contributed by atoms with Gasteiger partial charge in [0.25, 0.3) is 5.91 Å². The molecule has 0 spiro atoms. The van der Waals surface area contributed by atoms with E-state index < -0.39 is 36.2 Å². The number of nitrogens with one attached hydrogen (secondary N) is 1. The lowest BCUT2D eigenvalue weighted by Crippen LogP contribution is -2.31. The first-order chi connectivity index (χ1) is 14.9. The minimum atomic E-state index is -1.11. The second-order valence-corrected chi connectivity index (χ2v) is 7.09. The van der Waals surface area contributed by atoms with Crippen molar-refractivity contribution in [1.29, 1.82) is 0 Å². The number of halogens is 2. The molecule has 1 N–H and O–H groups in total. The smallest absolute Gasteiger partial charge is 0.344 e. The fourth-order valence-corrected chi connectivity index (χ4v) is 3.21. The number of aromatic nitrogens is 1. The number of para-hydroxylation sites is 2. The molecule has 0 aliphatic heterocycles. The summed E-state index contributed by atoms with van der Waals surface area (Å²) in [6.07, 6.45) is -1.11. The number of amides is 1. The zero-order valence-electron chi connectivity index (χ0n) is 16.6. The molecule has 7 nitrogen and oxygen atoms in total. The molecule has 0 saturated carbocycles. The van der Waals surface area contributed by atoms with Gasteiger partial charge in [0.05, 0.1) is 12.8 Å². The molecule has 1 atom stereocenters. The largest absolute Gasteiger partial charge is 0.493 e. The molecular weight excluding hydrogens is 430 g/mol. The molecule has 2 aromatic carbocycles. The molecule has 0 saturated heterocycles. The minimum absolute atomic E-state index is 0.220. The van der Waals surface area contributed by atoms with Crippen LogP contribution in [0.5, 0.6) is 11.5 Å². The number of hydrogen-bond donors (Lipinski definition) is 1. The van der Waals surface area contributed by atoms with E-state index in [0.29, 0.717) is 22.8 Å². The molecule has 0 fully saturated rings. The molecule has 1 aromatic heterocycles. The zero-order chi connectivity index (χ0) is 22.4. The van der Waals surface area contributed by atoms with Crippen molar-refractivity contribution in [3.05, 3.63) is 59.5 Å². The third-order valence-corrected chi connectivity index (χ3v) is 4.80. The maximum Gasteiger partial charge on any atom is 0.344 e. The van der Waals surface area contributed by atoms with Crippen LogP contribution in [0.2, 0.25) is 0 Å². The summed E-state index contributed by atoms with van der Waals surface area (Å²) in [6.45, 7) is 0.996. The van der Waals surface area contributed by atoms with Crippen LogP contribution in [0, 0.1) is 11.6 Å². The van der Waals surface area contributed by atoms with Crippen LogP contribution in [-0.2, 0) is 14.3 Å². The topological polar surface area (TPSA) is 86.8 Å². The molecule has 10 heteroatoms. The van der Waals surface area contributed by atoms with E-state index in [1.807, 2.05) is 0 Å². The van der Waals surface area contributed by atoms with E-state index in [-0.39, 0.29) is 5.13 Å². The van der Waals surface area contributed by atoms with Crippen LogP contribution in [0.15, 0.2) is 47.8 Å². The second kappa shape index (κ2) is 9.98. The van der Waals surface area contributed by atoms with Crippen LogP contribution >= 0.6 is 11.3 Å². The zero-order valence-corrected chi connectivity index (χ0v) is 17.4. The number of rotatable bonds is 8. The average Bonchev–Trinajstić information content (AvgIpc) is 3.22. The molecule has 1 unspecified atom stereocenters. The SMILES string of the molecule is COc1ccccc1OCC(=O)OC(C)C(=O)Nc1nc(-c2ccc(F)c(F)c2)cs1. The van der Waals surface area contributed by atoms with Crippen molar-refractivity contribution in [2.75, 3.05) is 19.0 Å². The quantitative estimate of drug-likeness (QED) is 0.524. The van der Waals surface area contributed by atoms with E-state index in [1.54, 1.807) is 29.6 Å². The van der Waals surface area contributed by atoms with Crippen LogP contribution in [0.1, 0.15) is 6.92 Å². The Morgan fingerprint density at radius 1 is 1.13 bits per heavy atom. The number of carbonyl (C=O) groups is 2. The van der Waals surface area contributed by atoms with Gasteiger partial charge in [0.15, 0.2) is 41.0 Å². The highest BCUT2D eigenvalue weighted by molar-refractivity contribution is 7.14. The van der Waals surface area contributed by atoms with Gasteiger partial charge in [-0.05, 0) is 37.3 Å². The highest BCUT2D eigenvalue weighted by Gasteiger charge is 2.20. The van der Waals surface area contributed by atoms with E-state index in [9.17, 15) is 18.4 Å².